The number of carbonyl (C=O) groups excluding carboxylic acids is 3. The molecule has 0 unspecified atom stereocenters. The Labute approximate surface area is 294 Å². The van der Waals surface area contributed by atoms with Gasteiger partial charge in [0.1, 0.15) is 40.0 Å². The van der Waals surface area contributed by atoms with Gasteiger partial charge in [-0.25, -0.2) is 9.59 Å². The highest BCUT2D eigenvalue weighted by atomic mass is 16.6. The first-order chi connectivity index (χ1) is 23.5. The van der Waals surface area contributed by atoms with Crippen LogP contribution in [0.5, 0.6) is 23.0 Å². The largest absolute Gasteiger partial charge is 0.457 e. The Balaban J connectivity index is 1.43. The van der Waals surface area contributed by atoms with E-state index in [4.69, 9.17) is 30.1 Å². The number of alkyl carbamates (subject to hydrolysis) is 2. The van der Waals surface area contributed by atoms with Crippen molar-refractivity contribution in [1.82, 2.24) is 15.5 Å². The van der Waals surface area contributed by atoms with Crippen LogP contribution in [0.15, 0.2) is 66.7 Å². The van der Waals surface area contributed by atoms with Gasteiger partial charge in [-0.1, -0.05) is 12.1 Å². The molecule has 0 radical (unpaired) electrons. The van der Waals surface area contributed by atoms with Crippen LogP contribution in [0.4, 0.5) is 9.59 Å². The average Bonchev–Trinajstić information content (AvgIpc) is 3.03. The number of carbonyl (C=O) groups is 3. The van der Waals surface area contributed by atoms with Gasteiger partial charge in [-0.3, -0.25) is 10.2 Å². The molecule has 0 bridgehead atoms. The molecule has 0 aromatic heterocycles. The van der Waals surface area contributed by atoms with E-state index in [0.29, 0.717) is 59.7 Å². The maximum Gasteiger partial charge on any atom is 0.407 e. The number of nitrogens with two attached hydrogens (primary N) is 1. The molecule has 50 heavy (non-hydrogen) atoms. The van der Waals surface area contributed by atoms with E-state index in [2.05, 4.69) is 10.6 Å². The molecule has 3 aromatic carbocycles. The number of nitrogen functional groups attached to an aromatic ring is 1. The van der Waals surface area contributed by atoms with Crippen LogP contribution in [0.25, 0.3) is 0 Å². The van der Waals surface area contributed by atoms with Crippen molar-refractivity contribution >= 4 is 23.9 Å². The molecule has 3 amide bonds. The summed E-state index contributed by atoms with van der Waals surface area (Å²) in [6.07, 6.45) is 1.52. The first-order valence-electron chi connectivity index (χ1n) is 16.8. The third-order valence-corrected chi connectivity index (χ3v) is 7.65. The second-order valence-electron chi connectivity index (χ2n) is 14.3. The topological polar surface area (TPSA) is 165 Å². The summed E-state index contributed by atoms with van der Waals surface area (Å²) in [6.45, 7) is 12.9. The Hall–Kier alpha value is -5.26. The number of ether oxygens (including phenoxy) is 4. The number of rotatable bonds is 11. The molecule has 0 saturated carbocycles. The highest BCUT2D eigenvalue weighted by Gasteiger charge is 2.25. The molecule has 1 saturated heterocycles. The van der Waals surface area contributed by atoms with Crippen molar-refractivity contribution in [2.45, 2.75) is 78.6 Å². The predicted molar refractivity (Wildman–Crippen MR) is 191 cm³/mol. The Morgan fingerprint density at radius 1 is 0.740 bits per heavy atom. The van der Waals surface area contributed by atoms with Crippen LogP contribution < -0.4 is 25.8 Å². The molecular weight excluding hydrogens is 638 g/mol. The van der Waals surface area contributed by atoms with Crippen LogP contribution in [0.3, 0.4) is 0 Å². The number of hydrogen-bond acceptors (Lipinski definition) is 8. The normalized spacial score (nSPS) is 13.6. The molecule has 268 valence electrons. The lowest BCUT2D eigenvalue weighted by Gasteiger charge is -2.32. The van der Waals surface area contributed by atoms with Crippen LogP contribution in [-0.2, 0) is 16.0 Å². The molecule has 1 heterocycles. The summed E-state index contributed by atoms with van der Waals surface area (Å²) in [5.74, 6) is 2.05. The minimum Gasteiger partial charge on any atom is -0.457 e. The van der Waals surface area contributed by atoms with E-state index < -0.39 is 23.4 Å². The molecule has 0 atom stereocenters. The Kier molecular flexibility index (Phi) is 12.3. The van der Waals surface area contributed by atoms with Crippen LogP contribution in [0.2, 0.25) is 0 Å². The van der Waals surface area contributed by atoms with Gasteiger partial charge in [0, 0.05) is 43.4 Å². The lowest BCUT2D eigenvalue weighted by molar-refractivity contribution is 0.0510. The third kappa shape index (κ3) is 12.3. The van der Waals surface area contributed by atoms with Crippen molar-refractivity contribution in [3.63, 3.8) is 0 Å². The first-order valence-corrected chi connectivity index (χ1v) is 16.8. The zero-order valence-corrected chi connectivity index (χ0v) is 29.8. The number of benzene rings is 3. The lowest BCUT2D eigenvalue weighted by atomic mass is 9.93. The van der Waals surface area contributed by atoms with Gasteiger partial charge in [0.2, 0.25) is 0 Å². The lowest BCUT2D eigenvalue weighted by Crippen LogP contribution is -2.39. The zero-order chi connectivity index (χ0) is 36.5. The quantitative estimate of drug-likeness (QED) is 0.120. The number of amides is 3. The summed E-state index contributed by atoms with van der Waals surface area (Å²) in [5, 5.41) is 13.2. The molecule has 12 heteroatoms. The summed E-state index contributed by atoms with van der Waals surface area (Å²) in [4.78, 5) is 39.6. The van der Waals surface area contributed by atoms with Gasteiger partial charge in [0.05, 0.1) is 0 Å². The molecular formula is C38H49N5O7. The Morgan fingerprint density at radius 2 is 1.24 bits per heavy atom. The van der Waals surface area contributed by atoms with Gasteiger partial charge in [0.15, 0.2) is 0 Å². The number of hydrogen-bond donors (Lipinski definition) is 4. The number of amidine groups is 1. The Morgan fingerprint density at radius 3 is 1.74 bits per heavy atom. The van der Waals surface area contributed by atoms with E-state index in [0.717, 1.165) is 24.8 Å². The van der Waals surface area contributed by atoms with Crippen LogP contribution >= 0.6 is 0 Å². The van der Waals surface area contributed by atoms with Crippen molar-refractivity contribution in [2.75, 3.05) is 19.6 Å². The number of nitrogens with zero attached hydrogens (tertiary/aromatic N) is 1. The zero-order valence-electron chi connectivity index (χ0n) is 29.8. The van der Waals surface area contributed by atoms with Crippen molar-refractivity contribution in [2.24, 2.45) is 11.7 Å². The number of piperidine rings is 1. The summed E-state index contributed by atoms with van der Waals surface area (Å²) in [5.41, 5.74) is 6.31. The first kappa shape index (κ1) is 37.6. The molecule has 4 rings (SSSR count). The van der Waals surface area contributed by atoms with E-state index in [1.807, 2.05) is 37.8 Å². The van der Waals surface area contributed by atoms with E-state index >= 15 is 0 Å². The average molecular weight is 688 g/mol. The Bertz CT molecular complexity index is 1640. The van der Waals surface area contributed by atoms with Crippen molar-refractivity contribution in [1.29, 1.82) is 5.41 Å². The second-order valence-corrected chi connectivity index (χ2v) is 14.3. The van der Waals surface area contributed by atoms with Crippen LogP contribution in [0, 0.1) is 11.3 Å². The fraction of sp³-hybridized carbons (Fsp3) is 0.421. The fourth-order valence-corrected chi connectivity index (χ4v) is 5.25. The van der Waals surface area contributed by atoms with E-state index in [9.17, 15) is 14.4 Å². The highest BCUT2D eigenvalue weighted by molar-refractivity contribution is 5.95. The predicted octanol–water partition coefficient (Wildman–Crippen LogP) is 7.35. The van der Waals surface area contributed by atoms with Crippen LogP contribution in [0.1, 0.15) is 82.3 Å². The maximum atomic E-state index is 13.8. The summed E-state index contributed by atoms with van der Waals surface area (Å²) in [7, 11) is 0. The van der Waals surface area contributed by atoms with Gasteiger partial charge >= 0.3 is 12.2 Å². The summed E-state index contributed by atoms with van der Waals surface area (Å²) >= 11 is 0. The molecule has 1 fully saturated rings. The van der Waals surface area contributed by atoms with Gasteiger partial charge < -0.3 is 40.2 Å². The van der Waals surface area contributed by atoms with Crippen LogP contribution in [-0.4, -0.2) is 59.7 Å². The van der Waals surface area contributed by atoms with E-state index in [-0.39, 0.29) is 18.3 Å². The standard InChI is InChI=1S/C38H49N5O7/c1-37(2,3)49-35(45)41-18-15-25-16-19-43(20-17-25)34(44)28-21-31(23-32(22-28)48-30-13-9-27(10-14-30)33(39)40)47-29-11-7-26(8-12-29)24-42-36(46)50-38(4,5)6/h7-14,21-23,25H,15-20,24H2,1-6H3,(H3,39,40)(H,41,45)(H,42,46). The molecule has 3 aromatic rings. The minimum atomic E-state index is -0.586. The maximum absolute atomic E-state index is 13.8. The van der Waals surface area contributed by atoms with Crippen molar-refractivity contribution < 1.29 is 33.3 Å². The fourth-order valence-electron chi connectivity index (χ4n) is 5.25. The van der Waals surface area contributed by atoms with Gasteiger partial charge in [-0.05, 0) is 121 Å². The number of nitrogens with one attached hydrogen (secondary N) is 3. The molecule has 0 spiro atoms. The third-order valence-electron chi connectivity index (χ3n) is 7.65. The van der Waals surface area contributed by atoms with Crippen molar-refractivity contribution in [3.05, 3.63) is 83.4 Å². The van der Waals surface area contributed by atoms with E-state index in [1.165, 1.54) is 0 Å². The molecule has 1 aliphatic heterocycles. The summed E-state index contributed by atoms with van der Waals surface area (Å²) in [6, 6.07) is 19.1. The highest BCUT2D eigenvalue weighted by Crippen LogP contribution is 2.32. The molecule has 1 aliphatic rings. The molecule has 5 N–H and O–H groups in total. The van der Waals surface area contributed by atoms with E-state index in [1.54, 1.807) is 75.4 Å². The smallest absolute Gasteiger partial charge is 0.407 e. The monoisotopic (exact) mass is 687 g/mol. The van der Waals surface area contributed by atoms with Crippen molar-refractivity contribution in [3.8, 4) is 23.0 Å². The molecule has 0 aliphatic carbocycles. The van der Waals surface area contributed by atoms with Gasteiger partial charge in [0.25, 0.3) is 5.91 Å². The summed E-state index contributed by atoms with van der Waals surface area (Å²) < 4.78 is 22.9. The molecule has 12 nitrogen and oxygen atoms in total. The van der Waals surface area contributed by atoms with Gasteiger partial charge in [-0.15, -0.1) is 0 Å². The minimum absolute atomic E-state index is 0.0467. The number of likely N-dealkylation sites (tertiary alicyclic amines) is 1. The SMILES string of the molecule is CC(C)(C)OC(=O)NCCC1CCN(C(=O)c2cc(Oc3ccc(CNC(=O)OC(C)(C)C)cc3)cc(Oc3ccc(C(=N)N)cc3)c2)CC1. The van der Waals surface area contributed by atoms with Gasteiger partial charge in [-0.2, -0.15) is 0 Å². The second kappa shape index (κ2) is 16.4.